The predicted molar refractivity (Wildman–Crippen MR) is 94.2 cm³/mol. The Labute approximate surface area is 148 Å². The molecular formula is C18H27N5O2. The van der Waals surface area contributed by atoms with Crippen LogP contribution in [-0.2, 0) is 12.6 Å². The number of hydrogen-bond acceptors (Lipinski definition) is 4. The fourth-order valence-corrected chi connectivity index (χ4v) is 3.40. The average molecular weight is 345 g/mol. The van der Waals surface area contributed by atoms with Crippen LogP contribution in [0.5, 0.6) is 0 Å². The number of amides is 1. The Morgan fingerprint density at radius 3 is 2.64 bits per heavy atom. The average Bonchev–Trinajstić information content (AvgIpc) is 3.16. The molecule has 2 heterocycles. The van der Waals surface area contributed by atoms with Gasteiger partial charge < -0.3 is 15.0 Å². The van der Waals surface area contributed by atoms with E-state index in [2.05, 4.69) is 15.6 Å². The van der Waals surface area contributed by atoms with Gasteiger partial charge in [-0.25, -0.2) is 4.68 Å². The molecule has 0 aromatic carbocycles. The summed E-state index contributed by atoms with van der Waals surface area (Å²) in [5.41, 5.74) is 1.24. The van der Waals surface area contributed by atoms with Gasteiger partial charge in [-0.05, 0) is 45.7 Å². The second-order valence-electron chi connectivity index (χ2n) is 7.49. The molecular weight excluding hydrogens is 318 g/mol. The molecule has 3 rings (SSSR count). The minimum atomic E-state index is -1.02. The van der Waals surface area contributed by atoms with Crippen LogP contribution in [0.3, 0.4) is 0 Å². The van der Waals surface area contributed by atoms with Gasteiger partial charge in [0, 0.05) is 12.7 Å². The number of aromatic nitrogens is 4. The quantitative estimate of drug-likeness (QED) is 0.888. The molecule has 1 amide bonds. The van der Waals surface area contributed by atoms with Crippen molar-refractivity contribution in [3.05, 3.63) is 35.4 Å². The molecule has 7 heteroatoms. The molecule has 2 aromatic rings. The van der Waals surface area contributed by atoms with E-state index in [4.69, 9.17) is 0 Å². The summed E-state index contributed by atoms with van der Waals surface area (Å²) in [4.78, 5) is 12.7. The lowest BCUT2D eigenvalue weighted by atomic mass is 9.90. The van der Waals surface area contributed by atoms with Crippen LogP contribution in [0.2, 0.25) is 0 Å². The lowest BCUT2D eigenvalue weighted by Gasteiger charge is -2.32. The molecule has 0 saturated heterocycles. The number of carbonyl (C=O) groups excluding carboxylic acids is 1. The number of rotatable bonds is 4. The SMILES string of the molecule is Cc1ccc(C(=O)N[C@H]2CCCC[C@H]2n2cc(C(C)(C)O)nn2)n1C. The lowest BCUT2D eigenvalue weighted by molar-refractivity contribution is 0.0735. The molecule has 136 valence electrons. The van der Waals surface area contributed by atoms with E-state index in [-0.39, 0.29) is 18.0 Å². The topological polar surface area (TPSA) is 85.0 Å². The van der Waals surface area contributed by atoms with Crippen molar-refractivity contribution in [3.63, 3.8) is 0 Å². The van der Waals surface area contributed by atoms with E-state index in [1.165, 1.54) is 0 Å². The van der Waals surface area contributed by atoms with Crippen LogP contribution < -0.4 is 5.32 Å². The maximum absolute atomic E-state index is 12.7. The molecule has 2 atom stereocenters. The maximum Gasteiger partial charge on any atom is 0.268 e. The Hall–Kier alpha value is -2.15. The van der Waals surface area contributed by atoms with E-state index >= 15 is 0 Å². The van der Waals surface area contributed by atoms with Gasteiger partial charge in [0.15, 0.2) is 0 Å². The Morgan fingerprint density at radius 1 is 1.32 bits per heavy atom. The van der Waals surface area contributed by atoms with Crippen molar-refractivity contribution in [1.29, 1.82) is 0 Å². The molecule has 7 nitrogen and oxygen atoms in total. The normalized spacial score (nSPS) is 21.3. The first kappa shape index (κ1) is 17.7. The van der Waals surface area contributed by atoms with E-state index in [9.17, 15) is 9.90 Å². The molecule has 1 aliphatic rings. The van der Waals surface area contributed by atoms with Crippen LogP contribution in [0.4, 0.5) is 0 Å². The molecule has 25 heavy (non-hydrogen) atoms. The number of hydrogen-bond donors (Lipinski definition) is 2. The number of aryl methyl sites for hydroxylation is 1. The zero-order valence-corrected chi connectivity index (χ0v) is 15.4. The highest BCUT2D eigenvalue weighted by Crippen LogP contribution is 2.29. The van der Waals surface area contributed by atoms with Crippen LogP contribution in [0, 0.1) is 6.92 Å². The molecule has 1 fully saturated rings. The van der Waals surface area contributed by atoms with Crippen molar-refractivity contribution < 1.29 is 9.90 Å². The van der Waals surface area contributed by atoms with Crippen LogP contribution in [0.15, 0.2) is 18.3 Å². The second kappa shape index (κ2) is 6.63. The van der Waals surface area contributed by atoms with Crippen molar-refractivity contribution in [3.8, 4) is 0 Å². The first-order valence-corrected chi connectivity index (χ1v) is 8.85. The summed E-state index contributed by atoms with van der Waals surface area (Å²) in [6.45, 7) is 5.37. The van der Waals surface area contributed by atoms with Gasteiger partial charge in [-0.1, -0.05) is 18.1 Å². The summed E-state index contributed by atoms with van der Waals surface area (Å²) in [6.07, 6.45) is 5.82. The molecule has 0 bridgehead atoms. The molecule has 0 spiro atoms. The summed E-state index contributed by atoms with van der Waals surface area (Å²) in [7, 11) is 1.90. The van der Waals surface area contributed by atoms with Gasteiger partial charge in [-0.15, -0.1) is 5.10 Å². The Balaban J connectivity index is 1.78. The molecule has 1 aliphatic carbocycles. The van der Waals surface area contributed by atoms with E-state index < -0.39 is 5.60 Å². The van der Waals surface area contributed by atoms with Gasteiger partial charge in [0.25, 0.3) is 5.91 Å². The molecule has 0 radical (unpaired) electrons. The highest BCUT2D eigenvalue weighted by atomic mass is 16.3. The fourth-order valence-electron chi connectivity index (χ4n) is 3.40. The third-order valence-electron chi connectivity index (χ3n) is 5.13. The third kappa shape index (κ3) is 3.61. The zero-order valence-electron chi connectivity index (χ0n) is 15.4. The van der Waals surface area contributed by atoms with E-state index in [0.29, 0.717) is 11.4 Å². The number of nitrogens with zero attached hydrogens (tertiary/aromatic N) is 4. The second-order valence-corrected chi connectivity index (χ2v) is 7.49. The van der Waals surface area contributed by atoms with Crippen molar-refractivity contribution in [2.45, 2.75) is 64.1 Å². The van der Waals surface area contributed by atoms with E-state index in [0.717, 1.165) is 31.4 Å². The highest BCUT2D eigenvalue weighted by Gasteiger charge is 2.31. The smallest absolute Gasteiger partial charge is 0.268 e. The van der Waals surface area contributed by atoms with Gasteiger partial charge in [-0.2, -0.15) is 0 Å². The maximum atomic E-state index is 12.7. The first-order valence-electron chi connectivity index (χ1n) is 8.85. The number of nitrogens with one attached hydrogen (secondary N) is 1. The van der Waals surface area contributed by atoms with Crippen LogP contribution >= 0.6 is 0 Å². The molecule has 2 N–H and O–H groups in total. The summed E-state index contributed by atoms with van der Waals surface area (Å²) in [6, 6.07) is 3.86. The summed E-state index contributed by atoms with van der Waals surface area (Å²) in [5.74, 6) is -0.0599. The lowest BCUT2D eigenvalue weighted by Crippen LogP contribution is -2.43. The minimum Gasteiger partial charge on any atom is -0.384 e. The Kier molecular flexibility index (Phi) is 4.69. The number of aliphatic hydroxyl groups is 1. The fraction of sp³-hybridized carbons (Fsp3) is 0.611. The predicted octanol–water partition coefficient (Wildman–Crippen LogP) is 2.07. The van der Waals surface area contributed by atoms with Crippen molar-refractivity contribution in [1.82, 2.24) is 24.9 Å². The van der Waals surface area contributed by atoms with Gasteiger partial charge >= 0.3 is 0 Å². The van der Waals surface area contributed by atoms with Crippen molar-refractivity contribution >= 4 is 5.91 Å². The standard InChI is InChI=1S/C18H27N5O2/c1-12-9-10-15(22(12)4)17(24)19-13-7-5-6-8-14(13)23-11-16(20-21-23)18(2,3)25/h9-11,13-14,25H,5-8H2,1-4H3,(H,19,24)/t13-,14+/m0/s1. The molecule has 0 aliphatic heterocycles. The molecule has 1 saturated carbocycles. The van der Waals surface area contributed by atoms with Gasteiger partial charge in [0.2, 0.25) is 0 Å². The van der Waals surface area contributed by atoms with Crippen molar-refractivity contribution in [2.24, 2.45) is 7.05 Å². The molecule has 2 aromatic heterocycles. The zero-order chi connectivity index (χ0) is 18.2. The Bertz CT molecular complexity index is 756. The minimum absolute atomic E-state index is 0.00723. The monoisotopic (exact) mass is 345 g/mol. The van der Waals surface area contributed by atoms with E-state index in [1.54, 1.807) is 24.7 Å². The third-order valence-corrected chi connectivity index (χ3v) is 5.13. The summed E-state index contributed by atoms with van der Waals surface area (Å²) in [5, 5.41) is 21.6. The van der Waals surface area contributed by atoms with Crippen LogP contribution in [0.1, 0.15) is 67.4 Å². The van der Waals surface area contributed by atoms with Crippen LogP contribution in [0.25, 0.3) is 0 Å². The van der Waals surface area contributed by atoms with Gasteiger partial charge in [0.1, 0.15) is 17.0 Å². The van der Waals surface area contributed by atoms with E-state index in [1.807, 2.05) is 30.7 Å². The first-order chi connectivity index (χ1) is 11.8. The largest absolute Gasteiger partial charge is 0.384 e. The van der Waals surface area contributed by atoms with Crippen molar-refractivity contribution in [2.75, 3.05) is 0 Å². The number of carbonyl (C=O) groups is 1. The Morgan fingerprint density at radius 2 is 2.04 bits per heavy atom. The van der Waals surface area contributed by atoms with Crippen LogP contribution in [-0.4, -0.2) is 36.6 Å². The summed E-state index contributed by atoms with van der Waals surface area (Å²) < 4.78 is 3.70. The van der Waals surface area contributed by atoms with Gasteiger partial charge in [0.05, 0.1) is 18.3 Å². The summed E-state index contributed by atoms with van der Waals surface area (Å²) >= 11 is 0. The van der Waals surface area contributed by atoms with Gasteiger partial charge in [-0.3, -0.25) is 4.79 Å². The molecule has 0 unspecified atom stereocenters. The highest BCUT2D eigenvalue weighted by molar-refractivity contribution is 5.93.